The number of hydrogen-bond donors (Lipinski definition) is 1. The molecule has 0 aliphatic carbocycles. The molecule has 26 heavy (non-hydrogen) atoms. The molecule has 3 saturated heterocycles. The van der Waals surface area contributed by atoms with Crippen LogP contribution < -0.4 is 4.74 Å². The lowest BCUT2D eigenvalue weighted by Gasteiger charge is -2.57. The number of carbonyl (C=O) groups excluding carboxylic acids is 1. The largest absolute Gasteiger partial charge is 0.497 e. The van der Waals surface area contributed by atoms with E-state index in [0.29, 0.717) is 12.0 Å². The monoisotopic (exact) mass is 352 g/mol. The molecular weight excluding hydrogens is 328 g/mol. The third-order valence-corrected chi connectivity index (χ3v) is 6.73. The van der Waals surface area contributed by atoms with Crippen molar-refractivity contribution in [2.24, 2.45) is 11.8 Å². The number of fused-ring (bicyclic) bond motifs is 4. The van der Waals surface area contributed by atoms with Gasteiger partial charge >= 0.3 is 5.97 Å². The van der Waals surface area contributed by atoms with Crippen molar-refractivity contribution in [2.75, 3.05) is 20.8 Å². The standard InChI is InChI=1S/C21H24N2O3/c1-4-11-10-23-17-9-15-14-7-12(25-2)5-6-16(14)22-20(15)18(23)8-13(11)19(17)21(24)26-3/h4-7,13,17-19,22H,8-10H2,1-3H3. The average molecular weight is 352 g/mol. The third-order valence-electron chi connectivity index (χ3n) is 6.73. The maximum atomic E-state index is 12.6. The Kier molecular flexibility index (Phi) is 3.44. The summed E-state index contributed by atoms with van der Waals surface area (Å²) in [7, 11) is 3.21. The molecular formula is C21H24N2O3. The highest BCUT2D eigenvalue weighted by Crippen LogP contribution is 2.54. The Hall–Kier alpha value is -2.27. The van der Waals surface area contributed by atoms with Crippen molar-refractivity contribution in [1.29, 1.82) is 0 Å². The first kappa shape index (κ1) is 15.9. The number of aromatic nitrogens is 1. The molecule has 4 aliphatic heterocycles. The van der Waals surface area contributed by atoms with Crippen LogP contribution in [0.3, 0.4) is 0 Å². The van der Waals surface area contributed by atoms with Crippen LogP contribution in [0.4, 0.5) is 0 Å². The molecule has 3 fully saturated rings. The normalized spacial score (nSPS) is 33.3. The van der Waals surface area contributed by atoms with E-state index in [4.69, 9.17) is 9.47 Å². The number of H-pyrrole nitrogens is 1. The number of hydrogen-bond acceptors (Lipinski definition) is 4. The Labute approximate surface area is 153 Å². The fourth-order valence-electron chi connectivity index (χ4n) is 5.54. The van der Waals surface area contributed by atoms with Crippen LogP contribution in [0.15, 0.2) is 29.8 Å². The van der Waals surface area contributed by atoms with Crippen molar-refractivity contribution in [3.8, 4) is 5.75 Å². The van der Waals surface area contributed by atoms with Crippen LogP contribution in [0.2, 0.25) is 0 Å². The van der Waals surface area contributed by atoms with E-state index in [1.807, 2.05) is 6.07 Å². The molecule has 5 nitrogen and oxygen atoms in total. The number of benzene rings is 1. The van der Waals surface area contributed by atoms with Crippen LogP contribution in [0.1, 0.15) is 30.6 Å². The van der Waals surface area contributed by atoms with Gasteiger partial charge in [0.2, 0.25) is 0 Å². The number of nitrogens with one attached hydrogen (secondary N) is 1. The minimum absolute atomic E-state index is 0.0663. The van der Waals surface area contributed by atoms with Crippen molar-refractivity contribution >= 4 is 16.9 Å². The number of rotatable bonds is 2. The first-order valence-corrected chi connectivity index (χ1v) is 9.33. The van der Waals surface area contributed by atoms with Crippen molar-refractivity contribution in [2.45, 2.75) is 31.8 Å². The minimum atomic E-state index is -0.0695. The van der Waals surface area contributed by atoms with Gasteiger partial charge in [-0.1, -0.05) is 11.6 Å². The maximum Gasteiger partial charge on any atom is 0.310 e. The fourth-order valence-corrected chi connectivity index (χ4v) is 5.54. The topological polar surface area (TPSA) is 54.6 Å². The van der Waals surface area contributed by atoms with E-state index in [9.17, 15) is 4.79 Å². The molecule has 4 aliphatic rings. The van der Waals surface area contributed by atoms with Gasteiger partial charge in [-0.25, -0.2) is 0 Å². The third kappa shape index (κ3) is 1.98. The molecule has 4 bridgehead atoms. The number of aromatic amines is 1. The van der Waals surface area contributed by atoms with Gasteiger partial charge in [-0.3, -0.25) is 9.69 Å². The van der Waals surface area contributed by atoms with Crippen LogP contribution in [-0.4, -0.2) is 42.7 Å². The highest BCUT2D eigenvalue weighted by Gasteiger charge is 2.55. The van der Waals surface area contributed by atoms with Gasteiger partial charge in [-0.2, -0.15) is 0 Å². The van der Waals surface area contributed by atoms with Gasteiger partial charge in [0.1, 0.15) is 5.75 Å². The lowest BCUT2D eigenvalue weighted by molar-refractivity contribution is -0.157. The Morgan fingerprint density at radius 3 is 2.92 bits per heavy atom. The molecule has 2 aromatic rings. The maximum absolute atomic E-state index is 12.6. The molecule has 0 amide bonds. The molecule has 5 heteroatoms. The smallest absolute Gasteiger partial charge is 0.310 e. The number of esters is 1. The Morgan fingerprint density at radius 1 is 1.35 bits per heavy atom. The lowest BCUT2D eigenvalue weighted by Crippen LogP contribution is -2.62. The zero-order chi connectivity index (χ0) is 18.0. The molecule has 5 heterocycles. The van der Waals surface area contributed by atoms with Crippen LogP contribution in [0.25, 0.3) is 10.9 Å². The van der Waals surface area contributed by atoms with E-state index >= 15 is 0 Å². The second-order valence-electron chi connectivity index (χ2n) is 7.64. The predicted octanol–water partition coefficient (Wildman–Crippen LogP) is 3.21. The summed E-state index contributed by atoms with van der Waals surface area (Å²) in [6.07, 6.45) is 4.05. The first-order valence-electron chi connectivity index (χ1n) is 9.33. The van der Waals surface area contributed by atoms with E-state index < -0.39 is 0 Å². The van der Waals surface area contributed by atoms with Crippen LogP contribution in [-0.2, 0) is 16.0 Å². The molecule has 1 aromatic heterocycles. The molecule has 136 valence electrons. The summed E-state index contributed by atoms with van der Waals surface area (Å²) in [4.78, 5) is 18.8. The highest BCUT2D eigenvalue weighted by molar-refractivity contribution is 5.87. The second-order valence-corrected chi connectivity index (χ2v) is 7.64. The Balaban J connectivity index is 1.66. The summed E-state index contributed by atoms with van der Waals surface area (Å²) >= 11 is 0. The predicted molar refractivity (Wildman–Crippen MR) is 99.2 cm³/mol. The van der Waals surface area contributed by atoms with Gasteiger partial charge < -0.3 is 14.5 Å². The Morgan fingerprint density at radius 2 is 2.19 bits per heavy atom. The number of carbonyl (C=O) groups is 1. The van der Waals surface area contributed by atoms with E-state index in [0.717, 1.165) is 30.7 Å². The molecule has 1 aromatic carbocycles. The molecule has 0 radical (unpaired) electrons. The zero-order valence-electron chi connectivity index (χ0n) is 15.4. The first-order chi connectivity index (χ1) is 12.7. The number of ether oxygens (including phenoxy) is 2. The van der Waals surface area contributed by atoms with Gasteiger partial charge in [0, 0.05) is 29.2 Å². The second kappa shape index (κ2) is 5.61. The average Bonchev–Trinajstić information content (AvgIpc) is 3.04. The molecule has 1 N–H and O–H groups in total. The van der Waals surface area contributed by atoms with Gasteiger partial charge in [0.25, 0.3) is 0 Å². The Bertz CT molecular complexity index is 929. The SMILES string of the molecule is CC=C1CN2C3CC1C(C(=O)OC)C2Cc1c3[nH]c2ccc(OC)cc12. The zero-order valence-corrected chi connectivity index (χ0v) is 15.4. The number of allylic oxidation sites excluding steroid dienone is 1. The summed E-state index contributed by atoms with van der Waals surface area (Å²) in [5.41, 5.74) is 5.21. The van der Waals surface area contributed by atoms with Gasteiger partial charge in [-0.05, 0) is 49.4 Å². The van der Waals surface area contributed by atoms with Crippen molar-refractivity contribution in [3.63, 3.8) is 0 Å². The summed E-state index contributed by atoms with van der Waals surface area (Å²) in [6.45, 7) is 3.05. The highest BCUT2D eigenvalue weighted by atomic mass is 16.5. The van der Waals surface area contributed by atoms with Gasteiger partial charge in [-0.15, -0.1) is 0 Å². The molecule has 5 atom stereocenters. The summed E-state index contributed by atoms with van der Waals surface area (Å²) in [5, 5.41) is 1.22. The van der Waals surface area contributed by atoms with E-state index in [-0.39, 0.29) is 17.9 Å². The number of piperidine rings is 3. The molecule has 0 saturated carbocycles. The van der Waals surface area contributed by atoms with Crippen molar-refractivity contribution < 1.29 is 14.3 Å². The van der Waals surface area contributed by atoms with E-state index in [2.05, 4.69) is 35.0 Å². The molecule has 6 rings (SSSR count). The summed E-state index contributed by atoms with van der Waals surface area (Å²) < 4.78 is 10.6. The summed E-state index contributed by atoms with van der Waals surface area (Å²) in [6, 6.07) is 6.78. The molecule has 0 spiro atoms. The van der Waals surface area contributed by atoms with Gasteiger partial charge in [0.05, 0.1) is 26.2 Å². The van der Waals surface area contributed by atoms with Crippen LogP contribution >= 0.6 is 0 Å². The summed E-state index contributed by atoms with van der Waals surface area (Å²) in [5.74, 6) is 1.03. The quantitative estimate of drug-likeness (QED) is 0.666. The fraction of sp³-hybridized carbons (Fsp3) is 0.476. The van der Waals surface area contributed by atoms with Crippen molar-refractivity contribution in [3.05, 3.63) is 41.1 Å². The lowest BCUT2D eigenvalue weighted by atomic mass is 9.64. The van der Waals surface area contributed by atoms with Gasteiger partial charge in [0.15, 0.2) is 0 Å². The molecule has 5 unspecified atom stereocenters. The minimum Gasteiger partial charge on any atom is -0.497 e. The van der Waals surface area contributed by atoms with Crippen LogP contribution in [0.5, 0.6) is 5.75 Å². The van der Waals surface area contributed by atoms with Crippen LogP contribution in [0, 0.1) is 11.8 Å². The number of methoxy groups -OCH3 is 2. The van der Waals surface area contributed by atoms with Crippen molar-refractivity contribution in [1.82, 2.24) is 9.88 Å². The van der Waals surface area contributed by atoms with E-state index in [1.165, 1.54) is 29.3 Å². The van der Waals surface area contributed by atoms with E-state index in [1.54, 1.807) is 7.11 Å². The number of nitrogens with zero attached hydrogens (tertiary/aromatic N) is 1.